The normalized spacial score (nSPS) is 22.5. The molecule has 1 saturated heterocycles. The van der Waals surface area contributed by atoms with Crippen LogP contribution in [0.25, 0.3) is 0 Å². The Kier molecular flexibility index (Phi) is 6.08. The topological polar surface area (TPSA) is 18.1 Å². The van der Waals surface area contributed by atoms with Crippen LogP contribution in [0.2, 0.25) is 0 Å². The van der Waals surface area contributed by atoms with Gasteiger partial charge in [0.05, 0.1) is 25.3 Å². The first-order valence-corrected chi connectivity index (χ1v) is 7.96. The number of benzene rings is 1. The summed E-state index contributed by atoms with van der Waals surface area (Å²) in [6.07, 6.45) is -3.45. The van der Waals surface area contributed by atoms with Crippen molar-refractivity contribution in [1.82, 2.24) is 0 Å². The van der Waals surface area contributed by atoms with Crippen molar-refractivity contribution in [2.24, 2.45) is 0 Å². The zero-order chi connectivity index (χ0) is 16.0. The molecule has 0 radical (unpaired) electrons. The van der Waals surface area contributed by atoms with Gasteiger partial charge in [0.15, 0.2) is 0 Å². The smallest absolute Gasteiger partial charge is 0.416 e. The number of likely N-dealkylation sites (N-methyl/N-ethyl adjacent to an activating group) is 1. The van der Waals surface area contributed by atoms with Gasteiger partial charge >= 0.3 is 6.18 Å². The molecule has 0 atom stereocenters. The Balaban J connectivity index is 1.69. The Labute approximate surface area is 129 Å². The second-order valence-corrected chi connectivity index (χ2v) is 5.83. The van der Waals surface area contributed by atoms with Gasteiger partial charge in [-0.1, -0.05) is 6.07 Å². The highest BCUT2D eigenvalue weighted by atomic mass is 19.4. The molecule has 0 aliphatic carbocycles. The maximum atomic E-state index is 12.6. The monoisotopic (exact) mass is 318 g/mol. The average molecular weight is 318 g/mol. The Bertz CT molecular complexity index is 457. The van der Waals surface area contributed by atoms with E-state index >= 15 is 0 Å². The van der Waals surface area contributed by atoms with Crippen molar-refractivity contribution in [3.8, 4) is 5.75 Å². The van der Waals surface area contributed by atoms with Crippen molar-refractivity contribution < 1.29 is 27.7 Å². The van der Waals surface area contributed by atoms with E-state index in [-0.39, 0.29) is 0 Å². The summed E-state index contributed by atoms with van der Waals surface area (Å²) in [6, 6.07) is 5.09. The highest BCUT2D eigenvalue weighted by molar-refractivity contribution is 5.30. The van der Waals surface area contributed by atoms with Gasteiger partial charge in [-0.05, 0) is 25.1 Å². The zero-order valence-electron chi connectivity index (χ0n) is 13.0. The van der Waals surface area contributed by atoms with E-state index < -0.39 is 11.7 Å². The van der Waals surface area contributed by atoms with Gasteiger partial charge < -0.3 is 14.5 Å². The molecule has 0 saturated carbocycles. The Morgan fingerprint density at radius 2 is 1.77 bits per heavy atom. The minimum atomic E-state index is -4.31. The van der Waals surface area contributed by atoms with Gasteiger partial charge in [0.25, 0.3) is 0 Å². The SMILES string of the molecule is CC[NH+]1CC[NH+](CCCOc2cccc(C(F)(F)F)c2)CC1. The Hall–Kier alpha value is -1.27. The second kappa shape index (κ2) is 7.83. The van der Waals surface area contributed by atoms with E-state index in [1.54, 1.807) is 15.9 Å². The van der Waals surface area contributed by atoms with Gasteiger partial charge in [0, 0.05) is 6.42 Å². The molecule has 3 nitrogen and oxygen atoms in total. The standard InChI is InChI=1S/C16H23F3N2O/c1-2-20-8-10-21(11-9-20)7-4-12-22-15-6-3-5-14(13-15)16(17,18)19/h3,5-6,13H,2,4,7-12H2,1H3/p+2. The van der Waals surface area contributed by atoms with Crippen molar-refractivity contribution in [1.29, 1.82) is 0 Å². The highest BCUT2D eigenvalue weighted by Gasteiger charge is 2.30. The molecule has 0 amide bonds. The maximum Gasteiger partial charge on any atom is 0.416 e. The molecule has 1 aliphatic heterocycles. The summed E-state index contributed by atoms with van der Waals surface area (Å²) in [4.78, 5) is 3.23. The molecule has 6 heteroatoms. The summed E-state index contributed by atoms with van der Waals surface area (Å²) < 4.78 is 43.3. The largest absolute Gasteiger partial charge is 0.493 e. The van der Waals surface area contributed by atoms with Crippen molar-refractivity contribution in [2.75, 3.05) is 45.9 Å². The molecule has 1 aliphatic rings. The fourth-order valence-corrected chi connectivity index (χ4v) is 2.84. The van der Waals surface area contributed by atoms with E-state index in [1.807, 2.05) is 0 Å². The number of piperazine rings is 1. The molecular formula is C16H25F3N2O+2. The second-order valence-electron chi connectivity index (χ2n) is 5.83. The summed E-state index contributed by atoms with van der Waals surface area (Å²) in [5.74, 6) is 0.296. The van der Waals surface area contributed by atoms with E-state index in [0.717, 1.165) is 25.1 Å². The molecule has 124 valence electrons. The molecule has 0 spiro atoms. The van der Waals surface area contributed by atoms with Crippen molar-refractivity contribution in [2.45, 2.75) is 19.5 Å². The lowest BCUT2D eigenvalue weighted by Gasteiger charge is -2.28. The fourth-order valence-electron chi connectivity index (χ4n) is 2.84. The molecule has 0 unspecified atom stereocenters. The number of hydrogen-bond acceptors (Lipinski definition) is 1. The number of alkyl halides is 3. The van der Waals surface area contributed by atoms with Crippen molar-refractivity contribution in [3.63, 3.8) is 0 Å². The van der Waals surface area contributed by atoms with Gasteiger partial charge in [-0.25, -0.2) is 0 Å². The van der Waals surface area contributed by atoms with Crippen LogP contribution in [0.15, 0.2) is 24.3 Å². The predicted octanol–water partition coefficient (Wildman–Crippen LogP) is 0.278. The third kappa shape index (κ3) is 5.18. The molecule has 1 aromatic rings. The van der Waals surface area contributed by atoms with Crippen LogP contribution >= 0.6 is 0 Å². The number of rotatable bonds is 6. The summed E-state index contributed by atoms with van der Waals surface area (Å²) in [5, 5.41) is 0. The first-order valence-electron chi connectivity index (χ1n) is 7.96. The minimum Gasteiger partial charge on any atom is -0.493 e. The molecule has 2 N–H and O–H groups in total. The van der Waals surface area contributed by atoms with Crippen LogP contribution in [0.5, 0.6) is 5.75 Å². The third-order valence-electron chi connectivity index (χ3n) is 4.27. The number of halogens is 3. The lowest BCUT2D eigenvalue weighted by Crippen LogP contribution is -3.28. The molecule has 1 heterocycles. The van der Waals surface area contributed by atoms with Gasteiger partial charge in [-0.15, -0.1) is 0 Å². The number of ether oxygens (including phenoxy) is 1. The van der Waals surface area contributed by atoms with Gasteiger partial charge in [0.1, 0.15) is 31.9 Å². The third-order valence-corrected chi connectivity index (χ3v) is 4.27. The van der Waals surface area contributed by atoms with Crippen molar-refractivity contribution in [3.05, 3.63) is 29.8 Å². The van der Waals surface area contributed by atoms with E-state index in [1.165, 1.54) is 38.8 Å². The van der Waals surface area contributed by atoms with E-state index in [2.05, 4.69) is 6.92 Å². The molecular weight excluding hydrogens is 293 g/mol. The summed E-state index contributed by atoms with van der Waals surface area (Å²) >= 11 is 0. The first kappa shape index (κ1) is 17.1. The molecule has 1 fully saturated rings. The quantitative estimate of drug-likeness (QED) is 0.721. The van der Waals surface area contributed by atoms with E-state index in [0.29, 0.717) is 12.4 Å². The lowest BCUT2D eigenvalue weighted by molar-refractivity contribution is -1.01. The average Bonchev–Trinajstić information content (AvgIpc) is 2.52. The van der Waals surface area contributed by atoms with Crippen LogP contribution in [0, 0.1) is 0 Å². The molecule has 2 rings (SSSR count). The number of hydrogen-bond donors (Lipinski definition) is 2. The van der Waals surface area contributed by atoms with Crippen LogP contribution in [0.1, 0.15) is 18.9 Å². The number of nitrogens with one attached hydrogen (secondary N) is 2. The lowest BCUT2D eigenvalue weighted by atomic mass is 10.2. The van der Waals surface area contributed by atoms with Crippen LogP contribution in [0.3, 0.4) is 0 Å². The van der Waals surface area contributed by atoms with Crippen LogP contribution in [-0.4, -0.2) is 45.9 Å². The molecule has 0 bridgehead atoms. The first-order chi connectivity index (χ1) is 10.5. The fraction of sp³-hybridized carbons (Fsp3) is 0.625. The summed E-state index contributed by atoms with van der Waals surface area (Å²) in [6.45, 7) is 9.65. The van der Waals surface area contributed by atoms with Gasteiger partial charge in [-0.2, -0.15) is 13.2 Å². The van der Waals surface area contributed by atoms with Gasteiger partial charge in [0.2, 0.25) is 0 Å². The Morgan fingerprint density at radius 1 is 1.09 bits per heavy atom. The molecule has 22 heavy (non-hydrogen) atoms. The zero-order valence-corrected chi connectivity index (χ0v) is 13.0. The van der Waals surface area contributed by atoms with Crippen LogP contribution in [-0.2, 0) is 6.18 Å². The predicted molar refractivity (Wildman–Crippen MR) is 78.4 cm³/mol. The minimum absolute atomic E-state index is 0.296. The molecule has 0 aromatic heterocycles. The van der Waals surface area contributed by atoms with Crippen molar-refractivity contribution >= 4 is 0 Å². The van der Waals surface area contributed by atoms with E-state index in [4.69, 9.17) is 4.74 Å². The Morgan fingerprint density at radius 3 is 2.41 bits per heavy atom. The maximum absolute atomic E-state index is 12.6. The van der Waals surface area contributed by atoms with Gasteiger partial charge in [-0.3, -0.25) is 0 Å². The highest BCUT2D eigenvalue weighted by Crippen LogP contribution is 2.31. The summed E-state index contributed by atoms with van der Waals surface area (Å²) in [7, 11) is 0. The van der Waals surface area contributed by atoms with E-state index in [9.17, 15) is 13.2 Å². The summed E-state index contributed by atoms with van der Waals surface area (Å²) in [5.41, 5.74) is -0.658. The molecule has 1 aromatic carbocycles. The van der Waals surface area contributed by atoms with Crippen LogP contribution < -0.4 is 14.5 Å². The van der Waals surface area contributed by atoms with Crippen LogP contribution in [0.4, 0.5) is 13.2 Å². The number of quaternary nitrogens is 2.